The molecule has 0 unspecified atom stereocenters. The van der Waals surface area contributed by atoms with Gasteiger partial charge in [-0.05, 0) is 43.4 Å². The highest BCUT2D eigenvalue weighted by Crippen LogP contribution is 2.09. The molecule has 0 aliphatic heterocycles. The molecule has 1 amide bonds. The number of nitrogens with zero attached hydrogens (tertiary/aromatic N) is 2. The second-order valence-electron chi connectivity index (χ2n) is 6.50. The van der Waals surface area contributed by atoms with E-state index in [0.717, 1.165) is 17.7 Å². The van der Waals surface area contributed by atoms with Crippen molar-refractivity contribution in [2.24, 2.45) is 0 Å². The van der Waals surface area contributed by atoms with Gasteiger partial charge < -0.3 is 14.5 Å². The van der Waals surface area contributed by atoms with Crippen LogP contribution in [0, 0.1) is 0 Å². The Labute approximate surface area is 160 Å². The Morgan fingerprint density at radius 1 is 0.963 bits per heavy atom. The number of carbonyl (C=O) groups is 2. The molecule has 0 saturated heterocycles. The summed E-state index contributed by atoms with van der Waals surface area (Å²) in [5.74, 6) is -0.419. The molecule has 0 fully saturated rings. The zero-order valence-electron chi connectivity index (χ0n) is 16.1. The van der Waals surface area contributed by atoms with Gasteiger partial charge in [-0.2, -0.15) is 0 Å². The molecule has 0 radical (unpaired) electrons. The third-order valence-corrected chi connectivity index (χ3v) is 4.10. The predicted molar refractivity (Wildman–Crippen MR) is 107 cm³/mol. The van der Waals surface area contributed by atoms with Crippen molar-refractivity contribution in [1.82, 2.24) is 9.80 Å². The lowest BCUT2D eigenvalue weighted by Gasteiger charge is -2.23. The van der Waals surface area contributed by atoms with Crippen molar-refractivity contribution < 1.29 is 14.3 Å². The number of benzene rings is 2. The molecule has 5 nitrogen and oxygen atoms in total. The molecule has 0 heterocycles. The van der Waals surface area contributed by atoms with E-state index in [4.69, 9.17) is 0 Å². The minimum Gasteiger partial charge on any atom is -0.465 e. The van der Waals surface area contributed by atoms with E-state index in [0.29, 0.717) is 18.7 Å². The summed E-state index contributed by atoms with van der Waals surface area (Å²) >= 11 is 0. The average molecular weight is 366 g/mol. The average Bonchev–Trinajstić information content (AvgIpc) is 2.69. The maximum atomic E-state index is 12.7. The third kappa shape index (κ3) is 6.72. The first-order chi connectivity index (χ1) is 13.0. The molecule has 2 aromatic carbocycles. The maximum absolute atomic E-state index is 12.7. The Bertz CT molecular complexity index is 768. The van der Waals surface area contributed by atoms with E-state index in [2.05, 4.69) is 9.64 Å². The fourth-order valence-corrected chi connectivity index (χ4v) is 2.51. The van der Waals surface area contributed by atoms with Gasteiger partial charge in [-0.1, -0.05) is 42.5 Å². The van der Waals surface area contributed by atoms with Gasteiger partial charge in [-0.25, -0.2) is 4.79 Å². The van der Waals surface area contributed by atoms with Crippen molar-refractivity contribution in [3.8, 4) is 0 Å². The van der Waals surface area contributed by atoms with Crippen molar-refractivity contribution in [2.45, 2.75) is 6.54 Å². The van der Waals surface area contributed by atoms with E-state index in [1.54, 1.807) is 36.4 Å². The number of hydrogen-bond donors (Lipinski definition) is 0. The molecule has 5 heteroatoms. The van der Waals surface area contributed by atoms with Gasteiger partial charge in [0.15, 0.2) is 0 Å². The van der Waals surface area contributed by atoms with Crippen LogP contribution in [0.3, 0.4) is 0 Å². The molecule has 27 heavy (non-hydrogen) atoms. The smallest absolute Gasteiger partial charge is 0.337 e. The molecule has 0 atom stereocenters. The van der Waals surface area contributed by atoms with Gasteiger partial charge in [0.1, 0.15) is 0 Å². The van der Waals surface area contributed by atoms with E-state index in [1.807, 2.05) is 49.3 Å². The van der Waals surface area contributed by atoms with Crippen molar-refractivity contribution in [2.75, 3.05) is 34.3 Å². The van der Waals surface area contributed by atoms with E-state index >= 15 is 0 Å². The largest absolute Gasteiger partial charge is 0.465 e. The first kappa shape index (κ1) is 20.4. The summed E-state index contributed by atoms with van der Waals surface area (Å²) in [6, 6.07) is 16.9. The lowest BCUT2D eigenvalue weighted by molar-refractivity contribution is -0.126. The Morgan fingerprint density at radius 2 is 1.63 bits per heavy atom. The normalized spacial score (nSPS) is 11.0. The second-order valence-corrected chi connectivity index (χ2v) is 6.50. The van der Waals surface area contributed by atoms with Gasteiger partial charge >= 0.3 is 5.97 Å². The van der Waals surface area contributed by atoms with E-state index in [1.165, 1.54) is 7.11 Å². The molecule has 142 valence electrons. The Kier molecular flexibility index (Phi) is 7.77. The Hall–Kier alpha value is -2.92. The van der Waals surface area contributed by atoms with Crippen LogP contribution < -0.4 is 0 Å². The summed E-state index contributed by atoms with van der Waals surface area (Å²) in [6.45, 7) is 2.01. The number of ether oxygens (including phenoxy) is 1. The lowest BCUT2D eigenvalue weighted by atomic mass is 10.1. The van der Waals surface area contributed by atoms with Crippen LogP contribution in [0.15, 0.2) is 60.7 Å². The minimum atomic E-state index is -0.376. The van der Waals surface area contributed by atoms with Crippen LogP contribution in [-0.4, -0.2) is 56.0 Å². The van der Waals surface area contributed by atoms with Crippen LogP contribution in [-0.2, 0) is 16.1 Å². The zero-order valence-corrected chi connectivity index (χ0v) is 16.1. The van der Waals surface area contributed by atoms with Crippen LogP contribution >= 0.6 is 0 Å². The molecule has 2 rings (SSSR count). The van der Waals surface area contributed by atoms with Crippen LogP contribution in [0.2, 0.25) is 0 Å². The van der Waals surface area contributed by atoms with Gasteiger partial charge in [-0.15, -0.1) is 0 Å². The summed E-state index contributed by atoms with van der Waals surface area (Å²) in [5.41, 5.74) is 2.43. The van der Waals surface area contributed by atoms with Crippen molar-refractivity contribution in [1.29, 1.82) is 0 Å². The van der Waals surface area contributed by atoms with Crippen LogP contribution in [0.1, 0.15) is 21.5 Å². The monoisotopic (exact) mass is 366 g/mol. The highest BCUT2D eigenvalue weighted by atomic mass is 16.5. The number of carbonyl (C=O) groups excluding carboxylic acids is 2. The fraction of sp³-hybridized carbons (Fsp3) is 0.273. The molecule has 2 aromatic rings. The lowest BCUT2D eigenvalue weighted by Crippen LogP contribution is -2.35. The van der Waals surface area contributed by atoms with Crippen molar-refractivity contribution >= 4 is 18.0 Å². The highest BCUT2D eigenvalue weighted by Gasteiger charge is 2.12. The quantitative estimate of drug-likeness (QED) is 0.532. The summed E-state index contributed by atoms with van der Waals surface area (Å²) in [5, 5.41) is 0. The predicted octanol–water partition coefficient (Wildman–Crippen LogP) is 3.08. The number of esters is 1. The highest BCUT2D eigenvalue weighted by molar-refractivity contribution is 5.92. The number of likely N-dealkylation sites (N-methyl/N-ethyl adjacent to an activating group) is 1. The number of hydrogen-bond acceptors (Lipinski definition) is 4. The Balaban J connectivity index is 2.07. The fourth-order valence-electron chi connectivity index (χ4n) is 2.51. The number of rotatable bonds is 8. The molecular weight excluding hydrogens is 340 g/mol. The molecule has 0 N–H and O–H groups in total. The van der Waals surface area contributed by atoms with Gasteiger partial charge in [0, 0.05) is 25.7 Å². The first-order valence-corrected chi connectivity index (χ1v) is 8.83. The summed E-state index contributed by atoms with van der Waals surface area (Å²) in [6.07, 6.45) is 3.34. The molecule has 0 aliphatic carbocycles. The molecule has 0 spiro atoms. The Morgan fingerprint density at radius 3 is 2.22 bits per heavy atom. The van der Waals surface area contributed by atoms with Gasteiger partial charge in [0.25, 0.3) is 0 Å². The summed E-state index contributed by atoms with van der Waals surface area (Å²) in [7, 11) is 5.33. The molecule has 0 bridgehead atoms. The number of amides is 1. The van der Waals surface area contributed by atoms with Crippen molar-refractivity contribution in [3.05, 3.63) is 77.4 Å². The summed E-state index contributed by atoms with van der Waals surface area (Å²) < 4.78 is 4.69. The topological polar surface area (TPSA) is 49.9 Å². The molecular formula is C22H26N2O3. The van der Waals surface area contributed by atoms with E-state index < -0.39 is 0 Å². The number of methoxy groups -OCH3 is 1. The summed E-state index contributed by atoms with van der Waals surface area (Å²) in [4.78, 5) is 28.1. The van der Waals surface area contributed by atoms with Crippen LogP contribution in [0.5, 0.6) is 0 Å². The third-order valence-electron chi connectivity index (χ3n) is 4.10. The SMILES string of the molecule is COC(=O)c1ccc(/C=C/C(=O)N(CCN(C)C)Cc2ccccc2)cc1. The second kappa shape index (κ2) is 10.3. The van der Waals surface area contributed by atoms with Gasteiger partial charge in [0.05, 0.1) is 12.7 Å². The van der Waals surface area contributed by atoms with Crippen molar-refractivity contribution in [3.63, 3.8) is 0 Å². The minimum absolute atomic E-state index is 0.0438. The zero-order chi connectivity index (χ0) is 19.6. The van der Waals surface area contributed by atoms with Crippen LogP contribution in [0.4, 0.5) is 0 Å². The molecule has 0 aromatic heterocycles. The maximum Gasteiger partial charge on any atom is 0.337 e. The van der Waals surface area contributed by atoms with Gasteiger partial charge in [-0.3, -0.25) is 4.79 Å². The van der Waals surface area contributed by atoms with E-state index in [9.17, 15) is 9.59 Å². The molecule has 0 aliphatic rings. The molecule has 0 saturated carbocycles. The first-order valence-electron chi connectivity index (χ1n) is 8.83. The van der Waals surface area contributed by atoms with Gasteiger partial charge in [0.2, 0.25) is 5.91 Å². The standard InChI is InChI=1S/C22H26N2O3/c1-23(2)15-16-24(17-19-7-5-4-6-8-19)21(25)14-11-18-9-12-20(13-10-18)22(26)27-3/h4-14H,15-17H2,1-3H3/b14-11+. The van der Waals surface area contributed by atoms with Crippen LogP contribution in [0.25, 0.3) is 6.08 Å². The van der Waals surface area contributed by atoms with E-state index in [-0.39, 0.29) is 11.9 Å².